The van der Waals surface area contributed by atoms with E-state index in [1.54, 1.807) is 13.8 Å². The first-order valence-corrected chi connectivity index (χ1v) is 9.05. The first kappa shape index (κ1) is 20.5. The zero-order chi connectivity index (χ0) is 20.0. The zero-order valence-electron chi connectivity index (χ0n) is 16.5. The van der Waals surface area contributed by atoms with Crippen molar-refractivity contribution in [3.8, 4) is 0 Å². The minimum Gasteiger partial charge on any atom is -0.455 e. The maximum absolute atomic E-state index is 12.0. The van der Waals surface area contributed by atoms with E-state index in [1.165, 1.54) is 0 Å². The second-order valence-corrected chi connectivity index (χ2v) is 6.61. The number of ether oxygens (including phenoxy) is 1. The maximum atomic E-state index is 12.0. The fraction of sp³-hybridized carbons (Fsp3) is 0.450. The van der Waals surface area contributed by atoms with E-state index < -0.39 is 5.97 Å². The van der Waals surface area contributed by atoms with Gasteiger partial charge in [0.2, 0.25) is 0 Å². The predicted octanol–water partition coefficient (Wildman–Crippen LogP) is 3.25. The number of rotatable bonds is 8. The number of amides is 1. The van der Waals surface area contributed by atoms with E-state index in [9.17, 15) is 9.59 Å². The highest BCUT2D eigenvalue weighted by molar-refractivity contribution is 5.93. The van der Waals surface area contributed by atoms with Gasteiger partial charge in [-0.3, -0.25) is 9.59 Å². The third-order valence-corrected chi connectivity index (χ3v) is 4.31. The van der Waals surface area contributed by atoms with Crippen LogP contribution in [0.15, 0.2) is 28.8 Å². The van der Waals surface area contributed by atoms with Crippen molar-refractivity contribution in [1.82, 2.24) is 5.16 Å². The molecule has 0 aliphatic carbocycles. The molecular weight excluding hydrogens is 346 g/mol. The van der Waals surface area contributed by atoms with Crippen LogP contribution in [0.2, 0.25) is 0 Å². The highest BCUT2D eigenvalue weighted by Crippen LogP contribution is 2.20. The lowest BCUT2D eigenvalue weighted by molar-refractivity contribution is -0.146. The van der Waals surface area contributed by atoms with E-state index in [2.05, 4.69) is 36.1 Å². The van der Waals surface area contributed by atoms with Crippen LogP contribution in [0.3, 0.4) is 0 Å². The lowest BCUT2D eigenvalue weighted by Crippen LogP contribution is -2.30. The highest BCUT2D eigenvalue weighted by Gasteiger charge is 2.15. The Kier molecular flexibility index (Phi) is 6.98. The third kappa shape index (κ3) is 5.57. The van der Waals surface area contributed by atoms with Crippen LogP contribution < -0.4 is 10.2 Å². The van der Waals surface area contributed by atoms with Crippen molar-refractivity contribution >= 4 is 23.3 Å². The number of carbonyl (C=O) groups is 2. The van der Waals surface area contributed by atoms with Gasteiger partial charge in [-0.2, -0.15) is 0 Å². The van der Waals surface area contributed by atoms with Crippen molar-refractivity contribution < 1.29 is 18.8 Å². The summed E-state index contributed by atoms with van der Waals surface area (Å²) in [5.74, 6) is -0.298. The molecule has 1 aromatic heterocycles. The summed E-state index contributed by atoms with van der Waals surface area (Å²) in [4.78, 5) is 26.2. The van der Waals surface area contributed by atoms with Crippen LogP contribution in [0.4, 0.5) is 11.4 Å². The van der Waals surface area contributed by atoms with Gasteiger partial charge in [0, 0.05) is 29.5 Å². The lowest BCUT2D eigenvalue weighted by Gasteiger charge is -2.27. The molecule has 0 aliphatic rings. The first-order valence-electron chi connectivity index (χ1n) is 9.05. The van der Waals surface area contributed by atoms with E-state index in [-0.39, 0.29) is 18.9 Å². The minimum atomic E-state index is -0.495. The molecule has 0 saturated carbocycles. The Labute approximate surface area is 159 Å². The van der Waals surface area contributed by atoms with Crippen molar-refractivity contribution in [1.29, 1.82) is 0 Å². The molecule has 27 heavy (non-hydrogen) atoms. The van der Waals surface area contributed by atoms with Crippen molar-refractivity contribution in [2.24, 2.45) is 0 Å². The molecule has 0 saturated heterocycles. The standard InChI is InChI=1S/C20H27N3O4/c1-6-23(13(2)3)17-9-7-16(8-10-17)21-19(24)12-26-20(25)11-18-14(4)22-27-15(18)5/h7-10,13H,6,11-12H2,1-5H3,(H,21,24). The van der Waals surface area contributed by atoms with Gasteiger partial charge in [-0.1, -0.05) is 5.16 Å². The van der Waals surface area contributed by atoms with Crippen molar-refractivity contribution in [3.05, 3.63) is 41.3 Å². The Morgan fingerprint density at radius 3 is 2.41 bits per heavy atom. The van der Waals surface area contributed by atoms with Gasteiger partial charge in [-0.25, -0.2) is 0 Å². The topological polar surface area (TPSA) is 84.7 Å². The van der Waals surface area contributed by atoms with E-state index >= 15 is 0 Å². The molecule has 0 spiro atoms. The van der Waals surface area contributed by atoms with Crippen LogP contribution in [-0.2, 0) is 20.7 Å². The molecule has 0 unspecified atom stereocenters. The second kappa shape index (κ2) is 9.21. The average Bonchev–Trinajstić information content (AvgIpc) is 2.94. The molecule has 0 aliphatic heterocycles. The molecule has 2 rings (SSSR count). The largest absolute Gasteiger partial charge is 0.455 e. The van der Waals surface area contributed by atoms with Gasteiger partial charge >= 0.3 is 5.97 Å². The van der Waals surface area contributed by atoms with Crippen LogP contribution in [0.25, 0.3) is 0 Å². The maximum Gasteiger partial charge on any atom is 0.310 e. The Hall–Kier alpha value is -2.83. The number of benzene rings is 1. The Bertz CT molecular complexity index is 762. The monoisotopic (exact) mass is 373 g/mol. The number of carbonyl (C=O) groups excluding carboxylic acids is 2. The smallest absolute Gasteiger partial charge is 0.310 e. The molecule has 1 heterocycles. The van der Waals surface area contributed by atoms with Crippen molar-refractivity contribution in [2.45, 2.75) is 47.1 Å². The van der Waals surface area contributed by atoms with Crippen molar-refractivity contribution in [3.63, 3.8) is 0 Å². The fourth-order valence-electron chi connectivity index (χ4n) is 2.87. The van der Waals surface area contributed by atoms with E-state index in [1.807, 2.05) is 24.3 Å². The number of anilines is 2. The molecule has 0 fully saturated rings. The third-order valence-electron chi connectivity index (χ3n) is 4.31. The Morgan fingerprint density at radius 1 is 1.22 bits per heavy atom. The normalized spacial score (nSPS) is 10.7. The Balaban J connectivity index is 1.84. The fourth-order valence-corrected chi connectivity index (χ4v) is 2.87. The summed E-state index contributed by atoms with van der Waals surface area (Å²) in [6.45, 7) is 10.4. The molecule has 7 heteroatoms. The number of aryl methyl sites for hydroxylation is 2. The first-order chi connectivity index (χ1) is 12.8. The number of hydrogen-bond acceptors (Lipinski definition) is 6. The van der Waals surface area contributed by atoms with Crippen molar-refractivity contribution in [2.75, 3.05) is 23.4 Å². The molecule has 2 aromatic rings. The molecule has 146 valence electrons. The number of nitrogens with one attached hydrogen (secondary N) is 1. The molecule has 0 atom stereocenters. The molecule has 0 radical (unpaired) electrons. The van der Waals surface area contributed by atoms with Gasteiger partial charge < -0.3 is 19.5 Å². The predicted molar refractivity (Wildman–Crippen MR) is 104 cm³/mol. The van der Waals surface area contributed by atoms with Crippen LogP contribution in [-0.4, -0.2) is 36.2 Å². The van der Waals surface area contributed by atoms with Crippen LogP contribution in [0.5, 0.6) is 0 Å². The summed E-state index contributed by atoms with van der Waals surface area (Å²) >= 11 is 0. The van der Waals surface area contributed by atoms with Crippen LogP contribution >= 0.6 is 0 Å². The van der Waals surface area contributed by atoms with Gasteiger partial charge in [0.15, 0.2) is 6.61 Å². The van der Waals surface area contributed by atoms with Gasteiger partial charge in [0.05, 0.1) is 12.1 Å². The summed E-state index contributed by atoms with van der Waals surface area (Å²) < 4.78 is 10.1. The number of esters is 1. The molecular formula is C20H27N3O4. The quantitative estimate of drug-likeness (QED) is 0.715. The average molecular weight is 373 g/mol. The van der Waals surface area contributed by atoms with Gasteiger partial charge in [0.1, 0.15) is 5.76 Å². The summed E-state index contributed by atoms with van der Waals surface area (Å²) in [7, 11) is 0. The molecule has 1 aromatic carbocycles. The van der Waals surface area contributed by atoms with E-state index in [0.29, 0.717) is 28.7 Å². The number of hydrogen-bond donors (Lipinski definition) is 1. The number of aromatic nitrogens is 1. The highest BCUT2D eigenvalue weighted by atomic mass is 16.5. The van der Waals surface area contributed by atoms with Crippen LogP contribution in [0.1, 0.15) is 37.8 Å². The Morgan fingerprint density at radius 2 is 1.89 bits per heavy atom. The summed E-state index contributed by atoms with van der Waals surface area (Å²) in [5.41, 5.74) is 3.10. The van der Waals surface area contributed by atoms with Gasteiger partial charge in [-0.05, 0) is 58.9 Å². The molecule has 7 nitrogen and oxygen atoms in total. The molecule has 1 amide bonds. The lowest BCUT2D eigenvalue weighted by atomic mass is 10.1. The molecule has 0 bridgehead atoms. The summed E-state index contributed by atoms with van der Waals surface area (Å²) in [6, 6.07) is 7.99. The summed E-state index contributed by atoms with van der Waals surface area (Å²) in [5, 5.41) is 6.52. The van der Waals surface area contributed by atoms with Gasteiger partial charge in [0.25, 0.3) is 5.91 Å². The minimum absolute atomic E-state index is 0.0329. The number of nitrogens with zero attached hydrogens (tertiary/aromatic N) is 2. The van der Waals surface area contributed by atoms with E-state index in [4.69, 9.17) is 9.26 Å². The van der Waals surface area contributed by atoms with Gasteiger partial charge in [-0.15, -0.1) is 0 Å². The van der Waals surface area contributed by atoms with Crippen LogP contribution in [0, 0.1) is 13.8 Å². The summed E-state index contributed by atoms with van der Waals surface area (Å²) in [6.07, 6.45) is 0.0329. The van der Waals surface area contributed by atoms with E-state index in [0.717, 1.165) is 12.2 Å². The molecule has 1 N–H and O–H groups in total. The second-order valence-electron chi connectivity index (χ2n) is 6.61. The SMILES string of the molecule is CCN(c1ccc(NC(=O)COC(=O)Cc2c(C)noc2C)cc1)C(C)C. The zero-order valence-corrected chi connectivity index (χ0v) is 16.5.